The number of methoxy groups -OCH3 is 1. The minimum Gasteiger partial charge on any atom is -0.469 e. The Bertz CT molecular complexity index is 1630. The van der Waals surface area contributed by atoms with Crippen LogP contribution in [0.3, 0.4) is 0 Å². The predicted octanol–water partition coefficient (Wildman–Crippen LogP) is 5.75. The fraction of sp³-hybridized carbons (Fsp3) is 0.406. The van der Waals surface area contributed by atoms with Crippen molar-refractivity contribution in [1.82, 2.24) is 4.90 Å². The molecule has 238 valence electrons. The lowest BCUT2D eigenvalue weighted by atomic mass is 9.76. The zero-order chi connectivity index (χ0) is 32.1. The molecule has 2 heterocycles. The highest BCUT2D eigenvalue weighted by atomic mass is 127. The van der Waals surface area contributed by atoms with E-state index in [0.29, 0.717) is 19.0 Å². The molecule has 0 spiro atoms. The fourth-order valence-corrected chi connectivity index (χ4v) is 7.85. The molecule has 0 unspecified atom stereocenters. The molecule has 0 aliphatic carbocycles. The summed E-state index contributed by atoms with van der Waals surface area (Å²) >= 11 is 2.29. The third-order valence-corrected chi connectivity index (χ3v) is 11.2. The van der Waals surface area contributed by atoms with Gasteiger partial charge in [-0.15, -0.1) is 0 Å². The van der Waals surface area contributed by atoms with E-state index in [4.69, 9.17) is 13.5 Å². The lowest BCUT2D eigenvalue weighted by molar-refractivity contribution is -0.150. The molecule has 12 heteroatoms. The number of fused-ring (bicyclic) bond motifs is 2. The molecule has 0 aromatic heterocycles. The number of piperidine rings is 1. The first kappa shape index (κ1) is 34.5. The van der Waals surface area contributed by atoms with Crippen LogP contribution in [-0.4, -0.2) is 64.6 Å². The number of carbonyl (C=O) groups excluding carboxylic acids is 1. The highest BCUT2D eigenvalue weighted by molar-refractivity contribution is 14.1. The van der Waals surface area contributed by atoms with Crippen molar-refractivity contribution in [3.63, 3.8) is 0 Å². The third kappa shape index (κ3) is 8.67. The lowest BCUT2D eigenvalue weighted by Gasteiger charge is -2.43. The van der Waals surface area contributed by atoms with Gasteiger partial charge in [-0.05, 0) is 104 Å². The van der Waals surface area contributed by atoms with Crippen LogP contribution in [0.15, 0.2) is 82.6 Å². The Labute approximate surface area is 274 Å². The molecule has 2 aliphatic heterocycles. The van der Waals surface area contributed by atoms with E-state index in [1.807, 2.05) is 13.8 Å². The molecule has 0 saturated carbocycles. The Kier molecular flexibility index (Phi) is 11.6. The summed E-state index contributed by atoms with van der Waals surface area (Å²) in [6, 6.07) is 21.6. The van der Waals surface area contributed by atoms with Gasteiger partial charge in [0.15, 0.2) is 0 Å². The van der Waals surface area contributed by atoms with E-state index < -0.39 is 20.2 Å². The van der Waals surface area contributed by atoms with Gasteiger partial charge in [0.05, 0.1) is 29.4 Å². The van der Waals surface area contributed by atoms with E-state index in [1.54, 1.807) is 36.4 Å². The predicted molar refractivity (Wildman–Crippen MR) is 175 cm³/mol. The van der Waals surface area contributed by atoms with Crippen LogP contribution < -0.4 is 0 Å². The van der Waals surface area contributed by atoms with Crippen molar-refractivity contribution in [1.29, 1.82) is 0 Å². The topological polar surface area (TPSA) is 127 Å². The van der Waals surface area contributed by atoms with Gasteiger partial charge < -0.3 is 4.74 Å². The maximum absolute atomic E-state index is 12.8. The molecule has 44 heavy (non-hydrogen) atoms. The van der Waals surface area contributed by atoms with E-state index >= 15 is 0 Å². The molecular weight excluding hydrogens is 717 g/mol. The van der Waals surface area contributed by atoms with Crippen LogP contribution in [0.2, 0.25) is 0 Å². The molecule has 5 rings (SSSR count). The number of aryl methyl sites for hydroxylation is 2. The molecule has 2 bridgehead atoms. The second-order valence-electron chi connectivity index (χ2n) is 11.2. The van der Waals surface area contributed by atoms with Gasteiger partial charge in [0.1, 0.15) is 0 Å². The Morgan fingerprint density at radius 2 is 1.45 bits per heavy atom. The second-order valence-corrected chi connectivity index (χ2v) is 15.5. The molecule has 4 atom stereocenters. The van der Waals surface area contributed by atoms with Crippen LogP contribution in [0.5, 0.6) is 0 Å². The Morgan fingerprint density at radius 1 is 0.886 bits per heavy atom. The van der Waals surface area contributed by atoms with Crippen molar-refractivity contribution in [2.24, 2.45) is 5.92 Å². The summed E-state index contributed by atoms with van der Waals surface area (Å²) in [6.45, 7) is 4.57. The molecule has 1 N–H and O–H groups in total. The smallest absolute Gasteiger partial charge is 0.310 e. The summed E-state index contributed by atoms with van der Waals surface area (Å²) in [7, 11) is -6.32. The average Bonchev–Trinajstić information content (AvgIpc) is 3.26. The second kappa shape index (κ2) is 14.8. The molecule has 2 aliphatic rings. The van der Waals surface area contributed by atoms with Crippen LogP contribution in [0, 0.1) is 23.3 Å². The summed E-state index contributed by atoms with van der Waals surface area (Å²) in [5, 5.41) is 0. The monoisotopic (exact) mass is 755 g/mol. The summed E-state index contributed by atoms with van der Waals surface area (Å²) in [5.74, 6) is -0.237. The first-order valence-corrected chi connectivity index (χ1v) is 18.3. The summed E-state index contributed by atoms with van der Waals surface area (Å²) in [6.07, 6.45) is 3.48. The van der Waals surface area contributed by atoms with E-state index in [-0.39, 0.29) is 40.2 Å². The summed E-state index contributed by atoms with van der Waals surface area (Å²) < 4.78 is 66.1. The van der Waals surface area contributed by atoms with Gasteiger partial charge in [-0.1, -0.05) is 47.5 Å². The van der Waals surface area contributed by atoms with Gasteiger partial charge in [0, 0.05) is 28.1 Å². The zero-order valence-corrected chi connectivity index (χ0v) is 28.7. The van der Waals surface area contributed by atoms with Crippen LogP contribution in [0.4, 0.5) is 0 Å². The minimum absolute atomic E-state index is 0.0666. The molecule has 3 aromatic carbocycles. The van der Waals surface area contributed by atoms with Gasteiger partial charge in [-0.3, -0.25) is 18.4 Å². The highest BCUT2D eigenvalue weighted by Gasteiger charge is 2.50. The average molecular weight is 756 g/mol. The molecular formula is C32H38INO8S2. The molecule has 9 nitrogen and oxygen atoms in total. The molecule has 2 saturated heterocycles. The Morgan fingerprint density at radius 3 is 2.00 bits per heavy atom. The Balaban J connectivity index is 0.000000339. The van der Waals surface area contributed by atoms with E-state index in [2.05, 4.69) is 51.8 Å². The normalized spacial score (nSPS) is 21.8. The van der Waals surface area contributed by atoms with Crippen molar-refractivity contribution in [3.05, 3.63) is 93.1 Å². The van der Waals surface area contributed by atoms with Gasteiger partial charge >= 0.3 is 5.97 Å². The van der Waals surface area contributed by atoms with Gasteiger partial charge in [0.2, 0.25) is 0 Å². The number of nitrogens with zero attached hydrogens (tertiary/aromatic N) is 1. The van der Waals surface area contributed by atoms with E-state index in [9.17, 15) is 21.6 Å². The van der Waals surface area contributed by atoms with Gasteiger partial charge in [-0.25, -0.2) is 0 Å². The molecule has 0 radical (unpaired) electrons. The number of benzene rings is 3. The first-order valence-electron chi connectivity index (χ1n) is 14.4. The maximum Gasteiger partial charge on any atom is 0.310 e. The molecule has 2 fully saturated rings. The highest BCUT2D eigenvalue weighted by Crippen LogP contribution is 2.47. The van der Waals surface area contributed by atoms with Crippen molar-refractivity contribution in [2.75, 3.05) is 20.3 Å². The number of ether oxygens (including phenoxy) is 1. The van der Waals surface area contributed by atoms with Crippen LogP contribution in [0.25, 0.3) is 0 Å². The quantitative estimate of drug-likeness (QED) is 0.0956. The minimum atomic E-state index is -4.02. The van der Waals surface area contributed by atoms with Crippen molar-refractivity contribution < 1.29 is 35.1 Å². The standard InChI is InChI=1S/C25H30INO5S.C7H8O3S/c1-17-4-11-21(12-5-17)33(29,30)32-15-3-14-27-20-10-13-23(27)24(25(28)31-2)22(16-20)18-6-8-19(26)9-7-18;1-6-2-4-7(5-3-6)11(8,9)10/h4-9,11-12,20,22-24H,3,10,13-16H2,1-2H3;2-5H,1H3,(H,8,9,10)/t20-,22+,23+,24-;/m0./s1. The fourth-order valence-electron chi connectivity index (χ4n) is 6.07. The van der Waals surface area contributed by atoms with Crippen molar-refractivity contribution in [3.8, 4) is 0 Å². The maximum atomic E-state index is 12.8. The zero-order valence-electron chi connectivity index (χ0n) is 24.9. The summed E-state index contributed by atoms with van der Waals surface area (Å²) in [5.41, 5.74) is 3.14. The van der Waals surface area contributed by atoms with Crippen LogP contribution >= 0.6 is 22.6 Å². The van der Waals surface area contributed by atoms with Crippen molar-refractivity contribution >= 4 is 48.8 Å². The van der Waals surface area contributed by atoms with Gasteiger partial charge in [-0.2, -0.15) is 16.8 Å². The van der Waals surface area contributed by atoms with Crippen LogP contribution in [0.1, 0.15) is 48.3 Å². The molecule has 0 amide bonds. The summed E-state index contributed by atoms with van der Waals surface area (Å²) in [4.78, 5) is 15.3. The van der Waals surface area contributed by atoms with Crippen molar-refractivity contribution in [2.45, 2.75) is 67.3 Å². The SMILES string of the molecule is COC(=O)[C@H]1[C@@H](c2ccc(I)cc2)C[C@@H]2CC[C@H]1N2CCCOS(=O)(=O)c1ccc(C)cc1.Cc1ccc(S(=O)(=O)O)cc1. The number of carbonyl (C=O) groups is 1. The number of hydrogen-bond acceptors (Lipinski definition) is 8. The van der Waals surface area contributed by atoms with Gasteiger partial charge in [0.25, 0.3) is 20.2 Å². The third-order valence-electron chi connectivity index (χ3n) is 8.26. The number of hydrogen-bond donors (Lipinski definition) is 1. The number of esters is 1. The Hall–Kier alpha value is -2.36. The largest absolute Gasteiger partial charge is 0.469 e. The van der Waals surface area contributed by atoms with Crippen LogP contribution in [-0.2, 0) is 34.0 Å². The number of rotatable bonds is 9. The molecule has 3 aromatic rings. The number of halogens is 1. The van der Waals surface area contributed by atoms with E-state index in [1.165, 1.54) is 28.4 Å². The first-order chi connectivity index (χ1) is 20.8. The van der Waals surface area contributed by atoms with E-state index in [0.717, 1.165) is 30.4 Å². The lowest BCUT2D eigenvalue weighted by Crippen LogP contribution is -2.51.